The summed E-state index contributed by atoms with van der Waals surface area (Å²) < 4.78 is 0. The maximum absolute atomic E-state index is 3.57. The molecule has 0 aromatic heterocycles. The van der Waals surface area contributed by atoms with Crippen molar-refractivity contribution < 1.29 is 0 Å². The van der Waals surface area contributed by atoms with E-state index in [1.54, 1.807) is 0 Å². The van der Waals surface area contributed by atoms with Crippen LogP contribution in [0.3, 0.4) is 0 Å². The maximum atomic E-state index is 3.57. The molecule has 0 aromatic rings. The molecule has 2 unspecified atom stereocenters. The molecule has 0 bridgehead atoms. The van der Waals surface area contributed by atoms with E-state index in [-0.39, 0.29) is 5.54 Å². The molecule has 3 nitrogen and oxygen atoms in total. The van der Waals surface area contributed by atoms with Gasteiger partial charge in [-0.2, -0.15) is 0 Å². The van der Waals surface area contributed by atoms with E-state index in [0.717, 1.165) is 12.5 Å². The highest BCUT2D eigenvalue weighted by Crippen LogP contribution is 2.17. The zero-order valence-electron chi connectivity index (χ0n) is 14.0. The van der Waals surface area contributed by atoms with Crippen LogP contribution in [0.15, 0.2) is 0 Å². The van der Waals surface area contributed by atoms with Crippen LogP contribution in [0.1, 0.15) is 47.0 Å². The van der Waals surface area contributed by atoms with Crippen LogP contribution >= 0.6 is 0 Å². The summed E-state index contributed by atoms with van der Waals surface area (Å²) in [6, 6.07) is 0.702. The Kier molecular flexibility index (Phi) is 6.78. The van der Waals surface area contributed by atoms with Crippen LogP contribution in [-0.2, 0) is 0 Å². The number of hydrogen-bond donors (Lipinski definition) is 1. The van der Waals surface area contributed by atoms with Crippen molar-refractivity contribution in [2.24, 2.45) is 5.92 Å². The van der Waals surface area contributed by atoms with E-state index in [4.69, 9.17) is 0 Å². The third kappa shape index (κ3) is 7.28. The van der Waals surface area contributed by atoms with Crippen molar-refractivity contribution in [2.75, 3.05) is 40.3 Å². The van der Waals surface area contributed by atoms with Crippen LogP contribution in [0, 0.1) is 5.92 Å². The second-order valence-corrected chi connectivity index (χ2v) is 7.52. The van der Waals surface area contributed by atoms with Gasteiger partial charge < -0.3 is 15.1 Å². The van der Waals surface area contributed by atoms with Gasteiger partial charge in [-0.3, -0.25) is 0 Å². The van der Waals surface area contributed by atoms with Crippen LogP contribution in [0.5, 0.6) is 0 Å². The van der Waals surface area contributed by atoms with E-state index >= 15 is 0 Å². The fourth-order valence-corrected chi connectivity index (χ4v) is 2.84. The second-order valence-electron chi connectivity index (χ2n) is 7.52. The minimum Gasteiger partial charge on any atom is -0.312 e. The molecule has 114 valence electrons. The summed E-state index contributed by atoms with van der Waals surface area (Å²) in [6.45, 7) is 14.0. The van der Waals surface area contributed by atoms with Gasteiger partial charge in [0.25, 0.3) is 0 Å². The van der Waals surface area contributed by atoms with Gasteiger partial charge in [0, 0.05) is 24.7 Å². The van der Waals surface area contributed by atoms with Crippen molar-refractivity contribution in [1.82, 2.24) is 15.1 Å². The first kappa shape index (κ1) is 16.9. The minimum atomic E-state index is 0.254. The molecule has 2 atom stereocenters. The van der Waals surface area contributed by atoms with Crippen molar-refractivity contribution in [3.05, 3.63) is 0 Å². The highest BCUT2D eigenvalue weighted by molar-refractivity contribution is 4.77. The highest BCUT2D eigenvalue weighted by atomic mass is 15.2. The van der Waals surface area contributed by atoms with Gasteiger partial charge >= 0.3 is 0 Å². The Morgan fingerprint density at radius 1 is 1.37 bits per heavy atom. The standard InChI is InChI=1S/C16H35N3/c1-14(8-7-10-17-16(2,3)4)19(6)13-15-9-11-18(5)12-15/h14-15,17H,7-13H2,1-6H3. The van der Waals surface area contributed by atoms with Crippen LogP contribution < -0.4 is 5.32 Å². The lowest BCUT2D eigenvalue weighted by molar-refractivity contribution is 0.206. The van der Waals surface area contributed by atoms with E-state index in [1.165, 1.54) is 38.9 Å². The van der Waals surface area contributed by atoms with Gasteiger partial charge in [-0.1, -0.05) is 0 Å². The molecule has 1 rings (SSSR count). The molecular weight excluding hydrogens is 234 g/mol. The van der Waals surface area contributed by atoms with Crippen molar-refractivity contribution in [3.63, 3.8) is 0 Å². The summed E-state index contributed by atoms with van der Waals surface area (Å²) in [5, 5.41) is 3.57. The molecule has 1 heterocycles. The van der Waals surface area contributed by atoms with Crippen molar-refractivity contribution in [3.8, 4) is 0 Å². The smallest absolute Gasteiger partial charge is 0.00965 e. The number of nitrogens with one attached hydrogen (secondary N) is 1. The van der Waals surface area contributed by atoms with Crippen LogP contribution in [0.4, 0.5) is 0 Å². The molecule has 1 aliphatic rings. The average Bonchev–Trinajstić information content (AvgIpc) is 2.68. The molecule has 1 saturated heterocycles. The minimum absolute atomic E-state index is 0.254. The lowest BCUT2D eigenvalue weighted by atomic mass is 10.1. The monoisotopic (exact) mass is 269 g/mol. The third-order valence-electron chi connectivity index (χ3n) is 4.24. The molecule has 0 amide bonds. The van der Waals surface area contributed by atoms with E-state index in [2.05, 4.69) is 56.9 Å². The Bertz CT molecular complexity index is 247. The average molecular weight is 269 g/mol. The SMILES string of the molecule is CC(CCCNC(C)(C)C)N(C)CC1CCN(C)C1. The fourth-order valence-electron chi connectivity index (χ4n) is 2.84. The summed E-state index contributed by atoms with van der Waals surface area (Å²) in [5.74, 6) is 0.880. The molecule has 0 aliphatic carbocycles. The molecule has 0 saturated carbocycles. The molecule has 3 heteroatoms. The Morgan fingerprint density at radius 2 is 2.05 bits per heavy atom. The molecule has 1 fully saturated rings. The molecule has 0 aromatic carbocycles. The molecular formula is C16H35N3. The Labute approximate surface area is 120 Å². The Morgan fingerprint density at radius 3 is 2.58 bits per heavy atom. The number of hydrogen-bond acceptors (Lipinski definition) is 3. The highest BCUT2D eigenvalue weighted by Gasteiger charge is 2.22. The summed E-state index contributed by atoms with van der Waals surface area (Å²) in [4.78, 5) is 5.01. The molecule has 0 spiro atoms. The first-order chi connectivity index (χ1) is 8.78. The Hall–Kier alpha value is -0.120. The van der Waals surface area contributed by atoms with Gasteiger partial charge in [0.15, 0.2) is 0 Å². The normalized spacial score (nSPS) is 23.2. The summed E-state index contributed by atoms with van der Waals surface area (Å²) in [6.07, 6.45) is 3.94. The predicted octanol–water partition coefficient (Wildman–Crippen LogP) is 2.43. The van der Waals surface area contributed by atoms with Gasteiger partial charge in [0.2, 0.25) is 0 Å². The van der Waals surface area contributed by atoms with Gasteiger partial charge in [-0.15, -0.1) is 0 Å². The molecule has 0 radical (unpaired) electrons. The largest absolute Gasteiger partial charge is 0.312 e. The van der Waals surface area contributed by atoms with Crippen molar-refractivity contribution in [2.45, 2.75) is 58.5 Å². The first-order valence-corrected chi connectivity index (χ1v) is 7.92. The van der Waals surface area contributed by atoms with E-state index in [0.29, 0.717) is 6.04 Å². The summed E-state index contributed by atoms with van der Waals surface area (Å²) >= 11 is 0. The van der Waals surface area contributed by atoms with Gasteiger partial charge in [0.1, 0.15) is 0 Å². The summed E-state index contributed by atoms with van der Waals surface area (Å²) in [5.41, 5.74) is 0.254. The van der Waals surface area contributed by atoms with Gasteiger partial charge in [0.05, 0.1) is 0 Å². The number of likely N-dealkylation sites (tertiary alicyclic amines) is 1. The molecule has 19 heavy (non-hydrogen) atoms. The van der Waals surface area contributed by atoms with Crippen molar-refractivity contribution >= 4 is 0 Å². The van der Waals surface area contributed by atoms with Gasteiger partial charge in [-0.05, 0) is 80.1 Å². The topological polar surface area (TPSA) is 18.5 Å². The van der Waals surface area contributed by atoms with E-state index in [9.17, 15) is 0 Å². The molecule has 1 N–H and O–H groups in total. The number of nitrogens with zero attached hydrogens (tertiary/aromatic N) is 2. The fraction of sp³-hybridized carbons (Fsp3) is 1.00. The lowest BCUT2D eigenvalue weighted by Crippen LogP contribution is -2.38. The summed E-state index contributed by atoms with van der Waals surface area (Å²) in [7, 11) is 4.53. The predicted molar refractivity (Wildman–Crippen MR) is 84.7 cm³/mol. The zero-order chi connectivity index (χ0) is 14.5. The number of rotatable bonds is 7. The zero-order valence-corrected chi connectivity index (χ0v) is 14.0. The second kappa shape index (κ2) is 7.61. The van der Waals surface area contributed by atoms with Crippen LogP contribution in [-0.4, -0.2) is 61.7 Å². The van der Waals surface area contributed by atoms with E-state index in [1.807, 2.05) is 0 Å². The quantitative estimate of drug-likeness (QED) is 0.716. The van der Waals surface area contributed by atoms with Gasteiger partial charge in [-0.25, -0.2) is 0 Å². The van der Waals surface area contributed by atoms with Crippen LogP contribution in [0.25, 0.3) is 0 Å². The van der Waals surface area contributed by atoms with Crippen molar-refractivity contribution in [1.29, 1.82) is 0 Å². The van der Waals surface area contributed by atoms with Crippen LogP contribution in [0.2, 0.25) is 0 Å². The first-order valence-electron chi connectivity index (χ1n) is 7.92. The third-order valence-corrected chi connectivity index (χ3v) is 4.24. The molecule has 1 aliphatic heterocycles. The Balaban J connectivity index is 2.12. The lowest BCUT2D eigenvalue weighted by Gasteiger charge is -2.28. The van der Waals surface area contributed by atoms with E-state index < -0.39 is 0 Å². The maximum Gasteiger partial charge on any atom is 0.00965 e.